The molecular weight excluding hydrogens is 318 g/mol. The van der Waals surface area contributed by atoms with Gasteiger partial charge in [0.1, 0.15) is 0 Å². The van der Waals surface area contributed by atoms with Crippen LogP contribution >= 0.6 is 12.2 Å². The second-order valence-electron chi connectivity index (χ2n) is 9.48. The molecule has 1 aliphatic carbocycles. The zero-order valence-electron chi connectivity index (χ0n) is 16.8. The highest BCUT2D eigenvalue weighted by atomic mass is 32.1. The quantitative estimate of drug-likeness (QED) is 0.432. The SMILES string of the molecule is CCN(CC)C1=C([Si](C)(C)C(C)(C)C)C(=S)C1(C)[Si](C)(C)C. The van der Waals surface area contributed by atoms with Crippen molar-refractivity contribution in [3.05, 3.63) is 10.9 Å². The molecule has 128 valence electrons. The highest BCUT2D eigenvalue weighted by molar-refractivity contribution is 7.81. The summed E-state index contributed by atoms with van der Waals surface area (Å²) in [6.07, 6.45) is 0. The molecule has 1 unspecified atom stereocenters. The van der Waals surface area contributed by atoms with Crippen LogP contribution in [0.4, 0.5) is 0 Å². The van der Waals surface area contributed by atoms with Crippen molar-refractivity contribution in [1.82, 2.24) is 4.90 Å². The van der Waals surface area contributed by atoms with Gasteiger partial charge in [0.05, 0.1) is 16.1 Å². The number of nitrogens with zero attached hydrogens (tertiary/aromatic N) is 1. The van der Waals surface area contributed by atoms with E-state index in [4.69, 9.17) is 12.2 Å². The number of hydrogen-bond donors (Lipinski definition) is 0. The maximum absolute atomic E-state index is 6.08. The molecule has 0 bridgehead atoms. The molecule has 0 heterocycles. The van der Waals surface area contributed by atoms with E-state index >= 15 is 0 Å². The first kappa shape index (κ1) is 20.1. The molecule has 4 heteroatoms. The van der Waals surface area contributed by atoms with Gasteiger partial charge in [0.2, 0.25) is 0 Å². The van der Waals surface area contributed by atoms with E-state index in [-0.39, 0.29) is 5.04 Å². The molecule has 0 spiro atoms. The van der Waals surface area contributed by atoms with Crippen LogP contribution in [-0.4, -0.2) is 39.0 Å². The highest BCUT2D eigenvalue weighted by Gasteiger charge is 2.60. The van der Waals surface area contributed by atoms with Crippen LogP contribution in [0.25, 0.3) is 0 Å². The standard InChI is InChI=1S/C18H37NSSi2/c1-12-19(13-2)15-14(22(10,11)17(3,4)5)16(20)18(15,6)21(7,8)9/h12-13H2,1-11H3. The van der Waals surface area contributed by atoms with E-state index in [9.17, 15) is 0 Å². The van der Waals surface area contributed by atoms with Crippen molar-refractivity contribution in [3.63, 3.8) is 0 Å². The van der Waals surface area contributed by atoms with Gasteiger partial charge in [0, 0.05) is 28.7 Å². The highest BCUT2D eigenvalue weighted by Crippen LogP contribution is 2.62. The molecule has 0 amide bonds. The van der Waals surface area contributed by atoms with Crippen LogP contribution in [0.15, 0.2) is 10.9 Å². The van der Waals surface area contributed by atoms with Gasteiger partial charge in [-0.25, -0.2) is 0 Å². The summed E-state index contributed by atoms with van der Waals surface area (Å²) in [4.78, 5) is 3.91. The van der Waals surface area contributed by atoms with Crippen molar-refractivity contribution in [2.45, 2.75) is 84.4 Å². The Morgan fingerprint density at radius 2 is 1.41 bits per heavy atom. The van der Waals surface area contributed by atoms with Crippen molar-refractivity contribution < 1.29 is 0 Å². The maximum Gasteiger partial charge on any atom is 0.0897 e. The molecule has 0 radical (unpaired) electrons. The summed E-state index contributed by atoms with van der Waals surface area (Å²) in [5.74, 6) is 0. The molecule has 22 heavy (non-hydrogen) atoms. The summed E-state index contributed by atoms with van der Waals surface area (Å²) < 4.78 is 0. The van der Waals surface area contributed by atoms with Crippen molar-refractivity contribution in [2.24, 2.45) is 0 Å². The minimum Gasteiger partial charge on any atom is -0.375 e. The van der Waals surface area contributed by atoms with Crippen molar-refractivity contribution in [3.8, 4) is 0 Å². The summed E-state index contributed by atoms with van der Waals surface area (Å²) in [6.45, 7) is 28.9. The molecular formula is C18H37NSSi2. The Kier molecular flexibility index (Phi) is 5.35. The smallest absolute Gasteiger partial charge is 0.0897 e. The second kappa shape index (κ2) is 5.85. The molecule has 0 N–H and O–H groups in total. The molecule has 1 atom stereocenters. The van der Waals surface area contributed by atoms with Crippen molar-refractivity contribution in [1.29, 1.82) is 0 Å². The van der Waals surface area contributed by atoms with E-state index in [1.54, 1.807) is 10.9 Å². The van der Waals surface area contributed by atoms with Gasteiger partial charge in [-0.3, -0.25) is 0 Å². The van der Waals surface area contributed by atoms with Gasteiger partial charge in [-0.15, -0.1) is 0 Å². The first-order valence-electron chi connectivity index (χ1n) is 8.72. The van der Waals surface area contributed by atoms with Gasteiger partial charge in [-0.1, -0.05) is 72.6 Å². The third kappa shape index (κ3) is 2.69. The van der Waals surface area contributed by atoms with Gasteiger partial charge >= 0.3 is 0 Å². The summed E-state index contributed by atoms with van der Waals surface area (Å²) in [7, 11) is -3.01. The Bertz CT molecular complexity index is 490. The Morgan fingerprint density at radius 3 is 1.68 bits per heavy atom. The molecule has 0 aliphatic heterocycles. The fraction of sp³-hybridized carbons (Fsp3) is 0.833. The average Bonchev–Trinajstić information content (AvgIpc) is 2.34. The van der Waals surface area contributed by atoms with E-state index < -0.39 is 16.1 Å². The molecule has 0 saturated heterocycles. The lowest BCUT2D eigenvalue weighted by atomic mass is 9.88. The molecule has 1 aliphatic rings. The lowest BCUT2D eigenvalue weighted by Gasteiger charge is -2.59. The van der Waals surface area contributed by atoms with Crippen LogP contribution < -0.4 is 0 Å². The first-order valence-corrected chi connectivity index (χ1v) is 15.6. The zero-order chi connectivity index (χ0) is 17.7. The van der Waals surface area contributed by atoms with E-state index in [1.165, 1.54) is 4.86 Å². The molecule has 0 aromatic heterocycles. The first-order chi connectivity index (χ1) is 9.67. The van der Waals surface area contributed by atoms with Crippen LogP contribution in [0, 0.1) is 0 Å². The van der Waals surface area contributed by atoms with Crippen LogP contribution in [0.2, 0.25) is 42.8 Å². The molecule has 1 rings (SSSR count). The van der Waals surface area contributed by atoms with E-state index in [1.807, 2.05) is 0 Å². The Labute approximate surface area is 146 Å². The summed E-state index contributed by atoms with van der Waals surface area (Å²) in [5.41, 5.74) is 1.62. The fourth-order valence-corrected chi connectivity index (χ4v) is 9.81. The summed E-state index contributed by atoms with van der Waals surface area (Å²) in [5, 5.41) is 2.11. The van der Waals surface area contributed by atoms with Crippen LogP contribution in [0.1, 0.15) is 41.5 Å². The number of thiocarbonyl (C=S) groups is 1. The third-order valence-corrected chi connectivity index (χ3v) is 16.4. The average molecular weight is 356 g/mol. The zero-order valence-corrected chi connectivity index (χ0v) is 19.6. The second-order valence-corrected chi connectivity index (χ2v) is 20.6. The van der Waals surface area contributed by atoms with E-state index in [0.717, 1.165) is 13.1 Å². The number of hydrogen-bond acceptors (Lipinski definition) is 2. The van der Waals surface area contributed by atoms with Crippen LogP contribution in [0.3, 0.4) is 0 Å². The number of allylic oxidation sites excluding steroid dienone is 2. The Balaban J connectivity index is 3.66. The molecule has 0 fully saturated rings. The minimum atomic E-state index is -1.59. The molecule has 0 aromatic rings. The molecule has 1 nitrogen and oxygen atoms in total. The van der Waals surface area contributed by atoms with Crippen LogP contribution in [0.5, 0.6) is 0 Å². The fourth-order valence-electron chi connectivity index (χ4n) is 3.32. The van der Waals surface area contributed by atoms with Gasteiger partial charge in [0.25, 0.3) is 0 Å². The monoisotopic (exact) mass is 355 g/mol. The lowest BCUT2D eigenvalue weighted by molar-refractivity contribution is 0.350. The van der Waals surface area contributed by atoms with E-state index in [0.29, 0.717) is 5.04 Å². The largest absolute Gasteiger partial charge is 0.375 e. The molecule has 0 aromatic carbocycles. The molecule has 0 saturated carbocycles. The van der Waals surface area contributed by atoms with E-state index in [2.05, 4.69) is 79.2 Å². The van der Waals surface area contributed by atoms with Crippen LogP contribution in [-0.2, 0) is 0 Å². The Morgan fingerprint density at radius 1 is 1.00 bits per heavy atom. The maximum atomic E-state index is 6.08. The topological polar surface area (TPSA) is 3.24 Å². The third-order valence-electron chi connectivity index (χ3n) is 6.47. The van der Waals surface area contributed by atoms with Crippen molar-refractivity contribution in [2.75, 3.05) is 13.1 Å². The predicted octanol–water partition coefficient (Wildman–Crippen LogP) is 6.11. The van der Waals surface area contributed by atoms with Gasteiger partial charge < -0.3 is 4.90 Å². The van der Waals surface area contributed by atoms with Gasteiger partial charge in [-0.05, 0) is 24.1 Å². The lowest BCUT2D eigenvalue weighted by Crippen LogP contribution is -2.61. The van der Waals surface area contributed by atoms with Gasteiger partial charge in [0.15, 0.2) is 0 Å². The normalized spacial score (nSPS) is 23.7. The predicted molar refractivity (Wildman–Crippen MR) is 111 cm³/mol. The minimum absolute atomic E-state index is 0.166. The Hall–Kier alpha value is 0.0638. The van der Waals surface area contributed by atoms with Gasteiger partial charge in [-0.2, -0.15) is 0 Å². The van der Waals surface area contributed by atoms with Crippen molar-refractivity contribution >= 4 is 33.2 Å². The summed E-state index contributed by atoms with van der Waals surface area (Å²) >= 11 is 6.08. The number of rotatable bonds is 5. The summed E-state index contributed by atoms with van der Waals surface area (Å²) in [6, 6.07) is 0.